The molecule has 0 saturated carbocycles. The molecule has 10 heteroatoms. The number of hydrogen-bond acceptors (Lipinski definition) is 6. The summed E-state index contributed by atoms with van der Waals surface area (Å²) in [5.74, 6) is 0. The number of benzene rings is 1. The van der Waals surface area contributed by atoms with Gasteiger partial charge >= 0.3 is 75.9 Å². The van der Waals surface area contributed by atoms with Gasteiger partial charge in [0, 0.05) is 39.3 Å². The Balaban J connectivity index is 0. The summed E-state index contributed by atoms with van der Waals surface area (Å²) in [6, 6.07) is 8.60. The van der Waals surface area contributed by atoms with Crippen molar-refractivity contribution in [1.29, 1.82) is 0 Å². The molecule has 0 N–H and O–H groups in total. The van der Waals surface area contributed by atoms with Gasteiger partial charge in [-0.3, -0.25) is 0 Å². The van der Waals surface area contributed by atoms with Crippen molar-refractivity contribution < 1.29 is 54.4 Å². The number of fused-ring (bicyclic) bond motifs is 1. The SMILES string of the molecule is CCN(CC)C(=O)[O-].CCN(CC)C(=O)[O-].CCN(CC)C(=O)[O-].[Zr+3][CH]1C=Cc2ccccc21. The fourth-order valence-corrected chi connectivity index (χ4v) is 3.58. The van der Waals surface area contributed by atoms with E-state index in [1.54, 1.807) is 66.3 Å². The van der Waals surface area contributed by atoms with Gasteiger partial charge in [0.2, 0.25) is 0 Å². The van der Waals surface area contributed by atoms with Crippen LogP contribution < -0.4 is 15.3 Å². The van der Waals surface area contributed by atoms with Crippen molar-refractivity contribution in [1.82, 2.24) is 14.7 Å². The molecule has 0 radical (unpaired) electrons. The first kappa shape index (κ1) is 33.8. The van der Waals surface area contributed by atoms with E-state index in [0.717, 1.165) is 0 Å². The Bertz CT molecular complexity index is 696. The Hall–Kier alpha value is -2.35. The van der Waals surface area contributed by atoms with Gasteiger partial charge in [-0.2, -0.15) is 0 Å². The van der Waals surface area contributed by atoms with Crippen LogP contribution in [0, 0.1) is 0 Å². The number of allylic oxidation sites excluding steroid dienone is 1. The van der Waals surface area contributed by atoms with Gasteiger partial charge in [0.15, 0.2) is 0 Å². The maximum atomic E-state index is 9.98. The van der Waals surface area contributed by atoms with Crippen LogP contribution in [0.25, 0.3) is 6.08 Å². The molecule has 0 saturated heterocycles. The normalized spacial score (nSPS) is 12.4. The number of amides is 3. The van der Waals surface area contributed by atoms with E-state index >= 15 is 0 Å². The van der Waals surface area contributed by atoms with Crippen molar-refractivity contribution in [2.75, 3.05) is 39.3 Å². The van der Waals surface area contributed by atoms with Crippen molar-refractivity contribution in [2.45, 2.75) is 45.2 Å². The molecular weight excluding hydrogens is 518 g/mol. The monoisotopic (exact) mass is 553 g/mol. The number of carboxylic acid groups (broad SMARTS) is 3. The second-order valence-corrected chi connectivity index (χ2v) is 8.31. The maximum absolute atomic E-state index is 9.98. The van der Waals surface area contributed by atoms with E-state index in [4.69, 9.17) is 0 Å². The van der Waals surface area contributed by atoms with Gasteiger partial charge in [0.25, 0.3) is 0 Å². The minimum atomic E-state index is -1.09. The van der Waals surface area contributed by atoms with Crippen LogP contribution in [-0.4, -0.2) is 72.2 Å². The second kappa shape index (κ2) is 20.1. The molecule has 1 unspecified atom stereocenters. The molecule has 0 aromatic heterocycles. The van der Waals surface area contributed by atoms with E-state index in [0.29, 0.717) is 42.9 Å². The fourth-order valence-electron chi connectivity index (χ4n) is 2.69. The van der Waals surface area contributed by atoms with E-state index in [1.807, 2.05) is 0 Å². The molecule has 1 aromatic rings. The van der Waals surface area contributed by atoms with Gasteiger partial charge < -0.3 is 44.4 Å². The van der Waals surface area contributed by atoms with Crippen molar-refractivity contribution >= 4 is 24.4 Å². The molecule has 9 nitrogen and oxygen atoms in total. The summed E-state index contributed by atoms with van der Waals surface area (Å²) in [5.41, 5.74) is 2.91. The Morgan fingerprint density at radius 1 is 0.706 bits per heavy atom. The quantitative estimate of drug-likeness (QED) is 0.521. The van der Waals surface area contributed by atoms with Crippen LogP contribution in [0.2, 0.25) is 0 Å². The molecule has 1 aromatic carbocycles. The van der Waals surface area contributed by atoms with Crippen molar-refractivity contribution in [3.63, 3.8) is 0 Å². The van der Waals surface area contributed by atoms with E-state index in [9.17, 15) is 29.7 Å². The van der Waals surface area contributed by atoms with Crippen molar-refractivity contribution in [3.8, 4) is 0 Å². The molecule has 188 valence electrons. The van der Waals surface area contributed by atoms with Gasteiger partial charge in [0.1, 0.15) is 18.3 Å². The number of carbonyl (C=O) groups is 3. The summed E-state index contributed by atoms with van der Waals surface area (Å²) < 4.78 is 0.711. The zero-order valence-electron chi connectivity index (χ0n) is 21.1. The molecule has 1 aliphatic rings. The zero-order chi connectivity index (χ0) is 26.7. The van der Waals surface area contributed by atoms with Crippen LogP contribution in [-0.2, 0) is 24.7 Å². The number of carbonyl (C=O) groups excluding carboxylic acids is 3. The molecule has 1 aliphatic carbocycles. The first-order valence-electron chi connectivity index (χ1n) is 11.4. The third-order valence-corrected chi connectivity index (χ3v) is 6.10. The Labute approximate surface area is 218 Å². The predicted molar refractivity (Wildman–Crippen MR) is 123 cm³/mol. The Kier molecular flexibility index (Phi) is 20.0. The standard InChI is InChI=1S/C9H7.3C5H11NO2.Zr/c1-2-5-9-7-3-6-8(9)4-1;3*1-3-6(4-2)5(7)8;/h1-7H;3*3-4H2,1-2H3,(H,7,8);/q;;;;+3/p-3. The van der Waals surface area contributed by atoms with E-state index in [2.05, 4.69) is 36.4 Å². The first-order valence-corrected chi connectivity index (χ1v) is 12.8. The van der Waals surface area contributed by atoms with Gasteiger partial charge in [-0.05, 0) is 41.5 Å². The molecule has 0 fully saturated rings. The number of hydrogen-bond donors (Lipinski definition) is 0. The fraction of sp³-hybridized carbons (Fsp3) is 0.542. The Morgan fingerprint density at radius 3 is 1.26 bits per heavy atom. The summed E-state index contributed by atoms with van der Waals surface area (Å²) in [4.78, 5) is 33.6. The van der Waals surface area contributed by atoms with Gasteiger partial charge in [0.05, 0.1) is 0 Å². The molecule has 3 amide bonds. The molecule has 0 bridgehead atoms. The van der Waals surface area contributed by atoms with Gasteiger partial charge in [-0.15, -0.1) is 0 Å². The van der Waals surface area contributed by atoms with E-state index in [-0.39, 0.29) is 0 Å². The van der Waals surface area contributed by atoms with Crippen LogP contribution in [0.4, 0.5) is 14.4 Å². The van der Waals surface area contributed by atoms with Crippen LogP contribution in [0.15, 0.2) is 30.3 Å². The van der Waals surface area contributed by atoms with Crippen molar-refractivity contribution in [3.05, 3.63) is 41.5 Å². The van der Waals surface area contributed by atoms with Crippen LogP contribution in [0.1, 0.15) is 56.3 Å². The molecule has 34 heavy (non-hydrogen) atoms. The number of rotatable bonds is 6. The average molecular weight is 555 g/mol. The predicted octanol–water partition coefficient (Wildman–Crippen LogP) is 1.32. The van der Waals surface area contributed by atoms with Crippen molar-refractivity contribution in [2.24, 2.45) is 0 Å². The van der Waals surface area contributed by atoms with Gasteiger partial charge in [-0.25, -0.2) is 0 Å². The Morgan fingerprint density at radius 2 is 1.03 bits per heavy atom. The molecule has 0 aliphatic heterocycles. The summed E-state index contributed by atoms with van der Waals surface area (Å²) in [6.45, 7) is 13.7. The third kappa shape index (κ3) is 14.0. The molecular formula is C24H37N3O6Zr. The van der Waals surface area contributed by atoms with Crippen LogP contribution in [0.3, 0.4) is 0 Å². The summed E-state index contributed by atoms with van der Waals surface area (Å²) in [7, 11) is 0. The zero-order valence-corrected chi connectivity index (χ0v) is 23.5. The molecule has 0 spiro atoms. The minimum absolute atomic E-state index is 0.513. The van der Waals surface area contributed by atoms with Gasteiger partial charge in [-0.1, -0.05) is 0 Å². The average Bonchev–Trinajstić information content (AvgIpc) is 3.18. The second-order valence-electron chi connectivity index (χ2n) is 6.78. The number of nitrogens with zero attached hydrogens (tertiary/aromatic N) is 3. The summed E-state index contributed by atoms with van der Waals surface area (Å²) in [5, 5.41) is 29.9. The van der Waals surface area contributed by atoms with Crippen LogP contribution in [0.5, 0.6) is 0 Å². The van der Waals surface area contributed by atoms with Crippen LogP contribution >= 0.6 is 0 Å². The van der Waals surface area contributed by atoms with E-state index in [1.165, 1.54) is 25.8 Å². The first-order chi connectivity index (χ1) is 16.0. The molecule has 0 heterocycles. The van der Waals surface area contributed by atoms with E-state index < -0.39 is 18.3 Å². The topological polar surface area (TPSA) is 130 Å². The third-order valence-electron chi connectivity index (χ3n) is 4.86. The molecule has 1 atom stereocenters. The molecule has 2 rings (SSSR count). The summed E-state index contributed by atoms with van der Waals surface area (Å²) >= 11 is 1.59. The summed E-state index contributed by atoms with van der Waals surface area (Å²) in [6.07, 6.45) is 1.23.